The molecule has 3 aromatic carbocycles. The molecule has 0 fully saturated rings. The van der Waals surface area contributed by atoms with Gasteiger partial charge in [-0.1, -0.05) is 72.7 Å². The van der Waals surface area contributed by atoms with Crippen LogP contribution in [-0.4, -0.2) is 11.2 Å². The molecule has 4 aromatic rings. The standard InChI is InChI=1S/C27H21NO2/c1-3-17-30-24-16-10-15-23(18-24)28-25(21-11-6-4-7-12-21)19-26(29)20(2)27(28)22-13-8-5-9-14-22/h1,4-16,18-19H,17H2,2H3. The maximum Gasteiger partial charge on any atom is 0.185 e. The van der Waals surface area contributed by atoms with Gasteiger partial charge in [0.05, 0.1) is 11.4 Å². The SMILES string of the molecule is C#CCOc1cccc(-n2c(-c3ccccc3)cc(=O)c(C)c2-c2ccccc2)c1. The number of terminal acetylenes is 1. The summed E-state index contributed by atoms with van der Waals surface area (Å²) in [5, 5.41) is 0. The summed E-state index contributed by atoms with van der Waals surface area (Å²) in [5.41, 5.74) is 5.20. The van der Waals surface area contributed by atoms with Crippen LogP contribution in [0.5, 0.6) is 5.75 Å². The fourth-order valence-corrected chi connectivity index (χ4v) is 3.57. The molecule has 0 radical (unpaired) electrons. The summed E-state index contributed by atoms with van der Waals surface area (Å²) in [7, 11) is 0. The third kappa shape index (κ3) is 3.76. The third-order valence-electron chi connectivity index (χ3n) is 4.97. The van der Waals surface area contributed by atoms with Crippen LogP contribution in [0.25, 0.3) is 28.2 Å². The van der Waals surface area contributed by atoms with Crippen LogP contribution in [0, 0.1) is 19.3 Å². The van der Waals surface area contributed by atoms with Crippen LogP contribution in [0.15, 0.2) is 95.8 Å². The molecule has 146 valence electrons. The lowest BCUT2D eigenvalue weighted by Gasteiger charge is -2.22. The largest absolute Gasteiger partial charge is 0.481 e. The van der Waals surface area contributed by atoms with E-state index in [1.807, 2.05) is 91.9 Å². The summed E-state index contributed by atoms with van der Waals surface area (Å²) in [4.78, 5) is 12.9. The maximum atomic E-state index is 12.9. The Kier molecular flexibility index (Phi) is 5.50. The molecule has 3 nitrogen and oxygen atoms in total. The van der Waals surface area contributed by atoms with Crippen molar-refractivity contribution in [2.75, 3.05) is 6.61 Å². The van der Waals surface area contributed by atoms with Gasteiger partial charge in [-0.3, -0.25) is 4.79 Å². The molecule has 4 rings (SSSR count). The Bertz CT molecular complexity index is 1270. The molecule has 30 heavy (non-hydrogen) atoms. The van der Waals surface area contributed by atoms with E-state index in [4.69, 9.17) is 11.2 Å². The molecule has 1 heterocycles. The Balaban J connectivity index is 2.06. The normalized spacial score (nSPS) is 10.4. The van der Waals surface area contributed by atoms with E-state index in [0.717, 1.165) is 28.2 Å². The van der Waals surface area contributed by atoms with Gasteiger partial charge >= 0.3 is 0 Å². The Labute approximate surface area is 176 Å². The van der Waals surface area contributed by atoms with Crippen LogP contribution in [0.2, 0.25) is 0 Å². The molecule has 0 aliphatic heterocycles. The molecule has 0 saturated heterocycles. The van der Waals surface area contributed by atoms with Gasteiger partial charge in [0.15, 0.2) is 5.43 Å². The average molecular weight is 391 g/mol. The fraction of sp³-hybridized carbons (Fsp3) is 0.0741. The van der Waals surface area contributed by atoms with Crippen LogP contribution in [0.1, 0.15) is 5.56 Å². The van der Waals surface area contributed by atoms with Crippen molar-refractivity contribution in [2.45, 2.75) is 6.92 Å². The van der Waals surface area contributed by atoms with Crippen molar-refractivity contribution in [1.82, 2.24) is 4.57 Å². The number of hydrogen-bond donors (Lipinski definition) is 0. The molecular weight excluding hydrogens is 370 g/mol. The molecule has 1 aromatic heterocycles. The second-order valence-corrected chi connectivity index (χ2v) is 6.93. The highest BCUT2D eigenvalue weighted by Crippen LogP contribution is 2.32. The average Bonchev–Trinajstić information content (AvgIpc) is 2.80. The van der Waals surface area contributed by atoms with Gasteiger partial charge in [0.1, 0.15) is 12.4 Å². The number of aromatic nitrogens is 1. The third-order valence-corrected chi connectivity index (χ3v) is 4.97. The van der Waals surface area contributed by atoms with Gasteiger partial charge in [-0.2, -0.15) is 0 Å². The topological polar surface area (TPSA) is 31.2 Å². The maximum absolute atomic E-state index is 12.9. The Hall–Kier alpha value is -4.03. The van der Waals surface area contributed by atoms with Gasteiger partial charge in [0.25, 0.3) is 0 Å². The molecule has 0 unspecified atom stereocenters. The van der Waals surface area contributed by atoms with Crippen molar-refractivity contribution >= 4 is 0 Å². The Morgan fingerprint density at radius 3 is 2.20 bits per heavy atom. The number of hydrogen-bond acceptors (Lipinski definition) is 2. The zero-order valence-electron chi connectivity index (χ0n) is 16.7. The van der Waals surface area contributed by atoms with Crippen LogP contribution in [-0.2, 0) is 0 Å². The first-order valence-corrected chi connectivity index (χ1v) is 9.73. The summed E-state index contributed by atoms with van der Waals surface area (Å²) in [6, 6.07) is 29.3. The van der Waals surface area contributed by atoms with Gasteiger partial charge in [0, 0.05) is 23.4 Å². The van der Waals surface area contributed by atoms with Gasteiger partial charge in [-0.25, -0.2) is 0 Å². The minimum Gasteiger partial charge on any atom is -0.481 e. The van der Waals surface area contributed by atoms with E-state index < -0.39 is 0 Å². The van der Waals surface area contributed by atoms with Gasteiger partial charge in [-0.15, -0.1) is 6.42 Å². The van der Waals surface area contributed by atoms with E-state index in [1.54, 1.807) is 6.07 Å². The predicted octanol–water partition coefficient (Wildman–Crippen LogP) is 5.49. The smallest absolute Gasteiger partial charge is 0.185 e. The van der Waals surface area contributed by atoms with E-state index in [2.05, 4.69) is 10.5 Å². The molecule has 0 saturated carbocycles. The van der Waals surface area contributed by atoms with Crippen molar-refractivity contribution in [2.24, 2.45) is 0 Å². The second kappa shape index (κ2) is 8.55. The number of nitrogens with zero attached hydrogens (tertiary/aromatic N) is 1. The number of ether oxygens (including phenoxy) is 1. The summed E-state index contributed by atoms with van der Waals surface area (Å²) >= 11 is 0. The molecule has 0 N–H and O–H groups in total. The first-order valence-electron chi connectivity index (χ1n) is 9.73. The van der Waals surface area contributed by atoms with E-state index in [-0.39, 0.29) is 12.0 Å². The zero-order chi connectivity index (χ0) is 20.9. The summed E-state index contributed by atoms with van der Waals surface area (Å²) in [5.74, 6) is 3.18. The lowest BCUT2D eigenvalue weighted by atomic mass is 10.0. The lowest BCUT2D eigenvalue weighted by molar-refractivity contribution is 0.370. The van der Waals surface area contributed by atoms with Crippen molar-refractivity contribution in [3.63, 3.8) is 0 Å². The first kappa shape index (κ1) is 19.3. The van der Waals surface area contributed by atoms with E-state index >= 15 is 0 Å². The molecule has 0 atom stereocenters. The highest BCUT2D eigenvalue weighted by Gasteiger charge is 2.17. The monoisotopic (exact) mass is 391 g/mol. The van der Waals surface area contributed by atoms with E-state index in [1.165, 1.54) is 0 Å². The lowest BCUT2D eigenvalue weighted by Crippen LogP contribution is -2.15. The first-order chi connectivity index (χ1) is 14.7. The molecule has 0 bridgehead atoms. The number of pyridine rings is 1. The molecule has 0 aliphatic rings. The van der Waals surface area contributed by atoms with Crippen molar-refractivity contribution in [3.8, 4) is 46.3 Å². The fourth-order valence-electron chi connectivity index (χ4n) is 3.57. The molecule has 0 spiro atoms. The van der Waals surface area contributed by atoms with Crippen molar-refractivity contribution in [1.29, 1.82) is 0 Å². The van der Waals surface area contributed by atoms with Crippen LogP contribution >= 0.6 is 0 Å². The number of rotatable bonds is 5. The Morgan fingerprint density at radius 2 is 1.53 bits per heavy atom. The van der Waals surface area contributed by atoms with Crippen LogP contribution in [0.3, 0.4) is 0 Å². The molecular formula is C27H21NO2. The van der Waals surface area contributed by atoms with Gasteiger partial charge < -0.3 is 9.30 Å². The molecule has 0 aliphatic carbocycles. The van der Waals surface area contributed by atoms with Gasteiger partial charge in [-0.05, 0) is 30.2 Å². The van der Waals surface area contributed by atoms with E-state index in [0.29, 0.717) is 11.3 Å². The van der Waals surface area contributed by atoms with E-state index in [9.17, 15) is 4.79 Å². The minimum absolute atomic E-state index is 0.00342. The minimum atomic E-state index is 0.00342. The Morgan fingerprint density at radius 1 is 0.867 bits per heavy atom. The second-order valence-electron chi connectivity index (χ2n) is 6.93. The van der Waals surface area contributed by atoms with Crippen LogP contribution in [0.4, 0.5) is 0 Å². The number of benzene rings is 3. The zero-order valence-corrected chi connectivity index (χ0v) is 16.7. The predicted molar refractivity (Wildman–Crippen MR) is 122 cm³/mol. The molecule has 3 heteroatoms. The van der Waals surface area contributed by atoms with Crippen molar-refractivity contribution < 1.29 is 4.74 Å². The quantitative estimate of drug-likeness (QED) is 0.421. The van der Waals surface area contributed by atoms with Gasteiger partial charge in [0.2, 0.25) is 0 Å². The summed E-state index contributed by atoms with van der Waals surface area (Å²) < 4.78 is 7.77. The van der Waals surface area contributed by atoms with Crippen molar-refractivity contribution in [3.05, 3.63) is 107 Å². The summed E-state index contributed by atoms with van der Waals surface area (Å²) in [6.07, 6.45) is 5.35. The molecule has 0 amide bonds. The highest BCUT2D eigenvalue weighted by molar-refractivity contribution is 5.73. The summed E-state index contributed by atoms with van der Waals surface area (Å²) in [6.45, 7) is 2.07. The highest BCUT2D eigenvalue weighted by atomic mass is 16.5. The van der Waals surface area contributed by atoms with Crippen LogP contribution < -0.4 is 10.2 Å².